The lowest BCUT2D eigenvalue weighted by Crippen LogP contribution is -2.38. The molecule has 1 atom stereocenters. The molecule has 1 aliphatic carbocycles. The van der Waals surface area contributed by atoms with Crippen LogP contribution in [0.15, 0.2) is 77.1 Å². The molecule has 1 unspecified atom stereocenters. The van der Waals surface area contributed by atoms with Crippen LogP contribution in [0.2, 0.25) is 0 Å². The number of carbonyl (C=O) groups excluding carboxylic acids is 1. The highest BCUT2D eigenvalue weighted by molar-refractivity contribution is 7.89. The Hall–Kier alpha value is -3.14. The number of aromatic amines is 1. The second-order valence-corrected chi connectivity index (χ2v) is 11.4. The van der Waals surface area contributed by atoms with Gasteiger partial charge in [0.15, 0.2) is 5.78 Å². The van der Waals surface area contributed by atoms with E-state index in [4.69, 9.17) is 17.4 Å². The largest absolute Gasteiger partial charge is 0.332 e. The zero-order valence-corrected chi connectivity index (χ0v) is 20.4. The maximum absolute atomic E-state index is 13.7. The van der Waals surface area contributed by atoms with Crippen molar-refractivity contribution in [2.75, 3.05) is 4.90 Å². The van der Waals surface area contributed by atoms with Crippen LogP contribution < -0.4 is 10.0 Å². The van der Waals surface area contributed by atoms with Gasteiger partial charge in [-0.3, -0.25) is 9.69 Å². The first-order valence-electron chi connectivity index (χ1n) is 10.9. The van der Waals surface area contributed by atoms with E-state index in [0.29, 0.717) is 28.7 Å². The molecule has 5 rings (SSSR count). The van der Waals surface area contributed by atoms with E-state index < -0.39 is 10.0 Å². The van der Waals surface area contributed by atoms with Crippen LogP contribution in [-0.2, 0) is 14.8 Å². The molecule has 2 heterocycles. The van der Waals surface area contributed by atoms with Crippen molar-refractivity contribution in [3.8, 4) is 0 Å². The van der Waals surface area contributed by atoms with Gasteiger partial charge in [-0.15, -0.1) is 0 Å². The Morgan fingerprint density at radius 1 is 1.09 bits per heavy atom. The Bertz CT molecular complexity index is 1490. The fourth-order valence-corrected chi connectivity index (χ4v) is 5.79. The molecule has 7 nitrogen and oxygen atoms in total. The summed E-state index contributed by atoms with van der Waals surface area (Å²) in [5, 5.41) is 5.30. The highest BCUT2D eigenvalue weighted by Crippen LogP contribution is 2.53. The van der Waals surface area contributed by atoms with Crippen molar-refractivity contribution in [3.63, 3.8) is 0 Å². The Labute approximate surface area is 203 Å². The van der Waals surface area contributed by atoms with Gasteiger partial charge in [-0.1, -0.05) is 56.4 Å². The van der Waals surface area contributed by atoms with Gasteiger partial charge in [0.2, 0.25) is 10.0 Å². The Morgan fingerprint density at radius 2 is 1.76 bits per heavy atom. The summed E-state index contributed by atoms with van der Waals surface area (Å²) >= 11 is 5.68. The highest BCUT2D eigenvalue weighted by atomic mass is 32.2. The van der Waals surface area contributed by atoms with Crippen LogP contribution in [0, 0.1) is 10.1 Å². The van der Waals surface area contributed by atoms with E-state index in [9.17, 15) is 13.2 Å². The second-order valence-electron chi connectivity index (χ2n) is 9.49. The minimum absolute atomic E-state index is 0.0209. The van der Waals surface area contributed by atoms with Gasteiger partial charge >= 0.3 is 0 Å². The molecular formula is C25H24N4O3S2. The molecule has 0 bridgehead atoms. The van der Waals surface area contributed by atoms with Gasteiger partial charge in [-0.05, 0) is 41.7 Å². The minimum atomic E-state index is -3.83. The molecule has 34 heavy (non-hydrogen) atoms. The summed E-state index contributed by atoms with van der Waals surface area (Å²) in [4.78, 5) is 23.3. The van der Waals surface area contributed by atoms with Crippen LogP contribution >= 0.6 is 12.2 Å². The molecule has 3 aromatic rings. The van der Waals surface area contributed by atoms with Crippen molar-refractivity contribution in [3.05, 3.63) is 88.0 Å². The topological polar surface area (TPSA) is 109 Å². The summed E-state index contributed by atoms with van der Waals surface area (Å²) in [6.07, 6.45) is 2.65. The summed E-state index contributed by atoms with van der Waals surface area (Å²) < 4.78 is 24.0. The predicted octanol–water partition coefficient (Wildman–Crippen LogP) is 4.71. The fourth-order valence-electron chi connectivity index (χ4n) is 5.00. The smallest absolute Gasteiger partial charge is 0.238 e. The lowest BCUT2D eigenvalue weighted by molar-refractivity contribution is -0.118. The maximum Gasteiger partial charge on any atom is 0.238 e. The molecule has 2 aromatic carbocycles. The first-order chi connectivity index (χ1) is 16.1. The van der Waals surface area contributed by atoms with Crippen LogP contribution in [0.1, 0.15) is 43.7 Å². The summed E-state index contributed by atoms with van der Waals surface area (Å²) in [6, 6.07) is 16.2. The summed E-state index contributed by atoms with van der Waals surface area (Å²) in [5.41, 5.74) is 3.78. The molecular weight excluding hydrogens is 468 g/mol. The number of ketones is 1. The Balaban J connectivity index is 1.82. The summed E-state index contributed by atoms with van der Waals surface area (Å²) in [5.74, 6) is 0.462. The molecule has 174 valence electrons. The van der Waals surface area contributed by atoms with Gasteiger partial charge < -0.3 is 4.98 Å². The first kappa shape index (κ1) is 22.6. The molecule has 1 aliphatic heterocycles. The zero-order chi connectivity index (χ0) is 24.3. The number of carbonyl (C=O) groups is 1. The van der Waals surface area contributed by atoms with Crippen LogP contribution in [0.25, 0.3) is 0 Å². The third-order valence-electron chi connectivity index (χ3n) is 6.39. The number of allylic oxidation sites excluding steroid dienone is 2. The molecule has 0 amide bonds. The number of hydrogen-bond donors (Lipinski definition) is 2. The van der Waals surface area contributed by atoms with E-state index >= 15 is 0 Å². The first-order valence-corrected chi connectivity index (χ1v) is 12.8. The lowest BCUT2D eigenvalue weighted by Gasteiger charge is -2.44. The number of Topliss-reactive ketones (excluding diaryl/α,β-unsaturated/α-hetero) is 1. The number of H-pyrrole nitrogens is 1. The van der Waals surface area contributed by atoms with Gasteiger partial charge in [0, 0.05) is 34.9 Å². The van der Waals surface area contributed by atoms with Gasteiger partial charge in [0.1, 0.15) is 10.5 Å². The van der Waals surface area contributed by atoms with E-state index in [0.717, 1.165) is 22.6 Å². The van der Waals surface area contributed by atoms with Crippen LogP contribution in [0.5, 0.6) is 0 Å². The number of benzene rings is 2. The van der Waals surface area contributed by atoms with Crippen molar-refractivity contribution in [2.45, 2.75) is 37.5 Å². The number of sulfonamides is 1. The molecule has 3 N–H and O–H groups in total. The van der Waals surface area contributed by atoms with Crippen molar-refractivity contribution in [1.29, 1.82) is 0 Å². The number of primary sulfonamides is 1. The summed E-state index contributed by atoms with van der Waals surface area (Å²) in [7, 11) is -3.83. The third kappa shape index (κ3) is 3.79. The van der Waals surface area contributed by atoms with E-state index in [1.54, 1.807) is 18.5 Å². The second kappa shape index (κ2) is 7.97. The zero-order valence-electron chi connectivity index (χ0n) is 18.8. The van der Waals surface area contributed by atoms with Crippen molar-refractivity contribution in [1.82, 2.24) is 9.97 Å². The molecule has 9 heteroatoms. The Kier molecular flexibility index (Phi) is 5.31. The number of fused-ring (bicyclic) bond motifs is 1. The molecule has 0 radical (unpaired) electrons. The van der Waals surface area contributed by atoms with Gasteiger partial charge in [-0.2, -0.15) is 0 Å². The van der Waals surface area contributed by atoms with Crippen LogP contribution in [0.4, 0.5) is 11.5 Å². The average Bonchev–Trinajstić information content (AvgIpc) is 2.77. The highest BCUT2D eigenvalue weighted by Gasteiger charge is 2.44. The maximum atomic E-state index is 13.7. The normalized spacial score (nSPS) is 19.6. The van der Waals surface area contributed by atoms with Crippen molar-refractivity contribution >= 4 is 39.5 Å². The van der Waals surface area contributed by atoms with Gasteiger partial charge in [-0.25, -0.2) is 18.5 Å². The minimum Gasteiger partial charge on any atom is -0.332 e. The number of nitrogens with zero attached hydrogens (tertiary/aromatic N) is 2. The van der Waals surface area contributed by atoms with Gasteiger partial charge in [0.25, 0.3) is 0 Å². The third-order valence-corrected chi connectivity index (χ3v) is 7.65. The quantitative estimate of drug-likeness (QED) is 0.513. The number of hydrogen-bond acceptors (Lipinski definition) is 6. The fraction of sp³-hybridized carbons (Fsp3) is 0.240. The van der Waals surface area contributed by atoms with Crippen LogP contribution in [-0.4, -0.2) is 24.2 Å². The van der Waals surface area contributed by atoms with E-state index in [2.05, 4.69) is 23.8 Å². The standard InChI is InChI=1S/C25H24N4O3S2/c1-25(2)12-18-21(19(30)13-25)20(15-6-4-3-5-7-15)22-23(27-14-28-24(22)33)29(18)16-8-10-17(11-9-16)34(26,31)32/h3-11,14,20H,12-13H2,1-2H3,(H2,26,31,32)(H,27,28,33). The number of anilines is 2. The average molecular weight is 493 g/mol. The molecule has 0 saturated heterocycles. The number of aromatic nitrogens is 2. The molecule has 2 aliphatic rings. The predicted molar refractivity (Wildman–Crippen MR) is 133 cm³/mol. The SMILES string of the molecule is CC1(C)CC(=O)C2=C(C1)N(c1ccc(S(N)(=O)=O)cc1)c1[nH]cnc(=S)c1C2c1ccccc1. The van der Waals surface area contributed by atoms with Gasteiger partial charge in [0.05, 0.1) is 11.2 Å². The molecule has 1 aromatic heterocycles. The van der Waals surface area contributed by atoms with Crippen molar-refractivity contribution in [2.24, 2.45) is 10.6 Å². The number of nitrogens with two attached hydrogens (primary N) is 1. The van der Waals surface area contributed by atoms with Crippen LogP contribution in [0.3, 0.4) is 0 Å². The Morgan fingerprint density at radius 3 is 2.41 bits per heavy atom. The number of nitrogens with one attached hydrogen (secondary N) is 1. The monoisotopic (exact) mass is 492 g/mol. The number of rotatable bonds is 3. The van der Waals surface area contributed by atoms with E-state index in [-0.39, 0.29) is 22.0 Å². The molecule has 0 fully saturated rings. The van der Waals surface area contributed by atoms with Crippen molar-refractivity contribution < 1.29 is 13.2 Å². The summed E-state index contributed by atoms with van der Waals surface area (Å²) in [6.45, 7) is 4.16. The van der Waals surface area contributed by atoms with E-state index in [1.807, 2.05) is 35.2 Å². The lowest BCUT2D eigenvalue weighted by atomic mass is 9.68. The molecule has 0 saturated carbocycles. The molecule has 0 spiro atoms. The van der Waals surface area contributed by atoms with E-state index in [1.165, 1.54) is 12.1 Å².